The minimum Gasteiger partial charge on any atom is -0.478 e. The molecule has 0 aromatic carbocycles. The number of aliphatic hydroxyl groups is 1. The van der Waals surface area contributed by atoms with E-state index in [0.29, 0.717) is 12.3 Å². The predicted octanol–water partition coefficient (Wildman–Crippen LogP) is 4.85. The van der Waals surface area contributed by atoms with Crippen LogP contribution in [-0.4, -0.2) is 52.7 Å². The molecule has 0 radical (unpaired) electrons. The number of hydrogen-bond donors (Lipinski definition) is 4. The number of rotatable bonds is 20. The summed E-state index contributed by atoms with van der Waals surface area (Å²) in [5.74, 6) is -1.56. The second-order valence-corrected chi connectivity index (χ2v) is 10.6. The molecule has 0 aliphatic rings. The highest BCUT2D eigenvalue weighted by molar-refractivity contribution is 5.81. The lowest BCUT2D eigenvalue weighted by Gasteiger charge is -2.20. The van der Waals surface area contributed by atoms with Crippen LogP contribution in [0, 0.1) is 17.8 Å². The average Bonchev–Trinajstić information content (AvgIpc) is 2.79. The largest absolute Gasteiger partial charge is 0.478 e. The van der Waals surface area contributed by atoms with E-state index in [0.717, 1.165) is 43.3 Å². The maximum Gasteiger partial charge on any atom is 0.404 e. The van der Waals surface area contributed by atoms with Gasteiger partial charge in [-0.15, -0.1) is 0 Å². The van der Waals surface area contributed by atoms with Gasteiger partial charge in [0.05, 0.1) is 12.0 Å². The Balaban J connectivity index is 4.18. The highest BCUT2D eigenvalue weighted by atomic mass is 16.6. The van der Waals surface area contributed by atoms with Crippen LogP contribution in [0.4, 0.5) is 4.79 Å². The first-order valence-electron chi connectivity index (χ1n) is 13.5. The first kappa shape index (κ1) is 35.8. The third-order valence-electron chi connectivity index (χ3n) is 6.23. The van der Waals surface area contributed by atoms with Gasteiger partial charge in [0.1, 0.15) is 11.9 Å². The van der Waals surface area contributed by atoms with Crippen molar-refractivity contribution in [2.45, 2.75) is 91.8 Å². The van der Waals surface area contributed by atoms with Crippen molar-refractivity contribution < 1.29 is 34.1 Å². The maximum absolute atomic E-state index is 12.3. The molecule has 0 unspecified atom stereocenters. The van der Waals surface area contributed by atoms with Gasteiger partial charge < -0.3 is 26.0 Å². The second kappa shape index (κ2) is 19.8. The molecule has 9 nitrogen and oxygen atoms in total. The molecule has 0 rings (SSSR count). The van der Waals surface area contributed by atoms with Crippen LogP contribution < -0.4 is 11.1 Å². The Morgan fingerprint density at radius 2 is 1.62 bits per heavy atom. The molecule has 0 spiro atoms. The van der Waals surface area contributed by atoms with Gasteiger partial charge in [-0.1, -0.05) is 62.8 Å². The Morgan fingerprint density at radius 3 is 2.23 bits per heavy atom. The van der Waals surface area contributed by atoms with Gasteiger partial charge in [-0.2, -0.15) is 0 Å². The second-order valence-electron chi connectivity index (χ2n) is 10.6. The van der Waals surface area contributed by atoms with E-state index in [1.807, 2.05) is 32.1 Å². The van der Waals surface area contributed by atoms with Gasteiger partial charge >= 0.3 is 12.1 Å². The zero-order valence-electron chi connectivity index (χ0n) is 24.2. The van der Waals surface area contributed by atoms with Crippen molar-refractivity contribution in [3.63, 3.8) is 0 Å². The van der Waals surface area contributed by atoms with E-state index in [2.05, 4.69) is 24.9 Å². The number of carbonyl (C=O) groups is 4. The van der Waals surface area contributed by atoms with Gasteiger partial charge in [0.25, 0.3) is 0 Å². The molecular formula is C30H48N2O7. The fraction of sp³-hybridized carbons (Fsp3) is 0.600. The molecule has 0 bridgehead atoms. The smallest absolute Gasteiger partial charge is 0.404 e. The SMILES string of the molecule is C=C(CC/C=C\C=C\C[C@H](C)CC(=O)C[C@@H](O)CNC(=O)[C@H](C)[C@@H](C)OC(N)=O)C[C@@H](C)C/C(C)=C/C(=O)O. The van der Waals surface area contributed by atoms with Crippen molar-refractivity contribution >= 4 is 23.8 Å². The molecular weight excluding hydrogens is 500 g/mol. The summed E-state index contributed by atoms with van der Waals surface area (Å²) in [4.78, 5) is 45.9. The number of amides is 2. The third kappa shape index (κ3) is 19.5. The molecule has 220 valence electrons. The van der Waals surface area contributed by atoms with Crippen LogP contribution in [-0.2, 0) is 19.1 Å². The molecule has 0 saturated heterocycles. The summed E-state index contributed by atoms with van der Waals surface area (Å²) in [6.07, 6.45) is 11.0. The Hall–Kier alpha value is -3.20. The molecule has 9 heteroatoms. The number of allylic oxidation sites excluding steroid dienone is 6. The number of ether oxygens (including phenoxy) is 1. The van der Waals surface area contributed by atoms with Gasteiger partial charge in [-0.05, 0) is 57.8 Å². The average molecular weight is 549 g/mol. The van der Waals surface area contributed by atoms with E-state index in [4.69, 9.17) is 15.6 Å². The number of primary amides is 1. The Kier molecular flexibility index (Phi) is 18.2. The van der Waals surface area contributed by atoms with Crippen molar-refractivity contribution in [1.29, 1.82) is 0 Å². The van der Waals surface area contributed by atoms with Gasteiger partial charge in [-0.3, -0.25) is 9.59 Å². The summed E-state index contributed by atoms with van der Waals surface area (Å²) in [7, 11) is 0. The van der Waals surface area contributed by atoms with Crippen molar-refractivity contribution in [2.75, 3.05) is 6.54 Å². The van der Waals surface area contributed by atoms with E-state index in [9.17, 15) is 24.3 Å². The lowest BCUT2D eigenvalue weighted by molar-refractivity contribution is -0.131. The number of carboxylic acid groups (broad SMARTS) is 1. The van der Waals surface area contributed by atoms with E-state index in [-0.39, 0.29) is 24.7 Å². The predicted molar refractivity (Wildman–Crippen MR) is 153 cm³/mol. The first-order chi connectivity index (χ1) is 18.2. The number of hydrogen-bond acceptors (Lipinski definition) is 6. The van der Waals surface area contributed by atoms with Crippen LogP contribution in [0.15, 0.2) is 48.1 Å². The number of carboxylic acids is 1. The molecule has 0 saturated carbocycles. The van der Waals surface area contributed by atoms with Crippen LogP contribution in [0.5, 0.6) is 0 Å². The number of nitrogens with one attached hydrogen (secondary N) is 1. The molecule has 0 heterocycles. The molecule has 0 aromatic rings. The minimum atomic E-state index is -0.991. The molecule has 5 atom stereocenters. The lowest BCUT2D eigenvalue weighted by atomic mass is 9.93. The summed E-state index contributed by atoms with van der Waals surface area (Å²) in [6.45, 7) is 13.1. The van der Waals surface area contributed by atoms with Crippen LogP contribution in [0.25, 0.3) is 0 Å². The third-order valence-corrected chi connectivity index (χ3v) is 6.23. The molecule has 0 aromatic heterocycles. The number of carbonyl (C=O) groups excluding carboxylic acids is 3. The van der Waals surface area contributed by atoms with Crippen molar-refractivity contribution in [2.24, 2.45) is 23.5 Å². The standard InChI is InChI=1S/C30H48N2O7/c1-20(14-22(3)15-23(4)17-28(35)36)12-10-8-7-9-11-13-21(2)16-26(33)18-27(34)19-32-29(37)24(5)25(6)39-30(31)38/h7-9,11,17,21-22,24-25,27,34H,1,10,12-16,18-19H2,2-6H3,(H2,31,38)(H,32,37)(H,35,36)/b8-7-,11-9+,23-17+/t21-,22+,24+,25+,27+/m0/s1. The zero-order chi connectivity index (χ0) is 30.0. The highest BCUT2D eigenvalue weighted by Crippen LogP contribution is 2.21. The Bertz CT molecular complexity index is 907. The molecule has 5 N–H and O–H groups in total. The van der Waals surface area contributed by atoms with Crippen LogP contribution in [0.3, 0.4) is 0 Å². The van der Waals surface area contributed by atoms with Gasteiger partial charge in [0.15, 0.2) is 0 Å². The van der Waals surface area contributed by atoms with Gasteiger partial charge in [0.2, 0.25) is 5.91 Å². The topological polar surface area (TPSA) is 156 Å². The Labute approximate surface area is 233 Å². The van der Waals surface area contributed by atoms with E-state index >= 15 is 0 Å². The number of ketones is 1. The van der Waals surface area contributed by atoms with Crippen molar-refractivity contribution in [1.82, 2.24) is 5.32 Å². The summed E-state index contributed by atoms with van der Waals surface area (Å²) < 4.78 is 4.78. The van der Waals surface area contributed by atoms with Crippen LogP contribution in [0.1, 0.15) is 79.6 Å². The summed E-state index contributed by atoms with van der Waals surface area (Å²) in [6, 6.07) is 0. The fourth-order valence-corrected chi connectivity index (χ4v) is 4.11. The minimum absolute atomic E-state index is 0.0477. The number of Topliss-reactive ketones (excluding diaryl/α,β-unsaturated/α-hetero) is 1. The summed E-state index contributed by atoms with van der Waals surface area (Å²) in [5.41, 5.74) is 6.96. The maximum atomic E-state index is 12.3. The van der Waals surface area contributed by atoms with Crippen LogP contribution >= 0.6 is 0 Å². The summed E-state index contributed by atoms with van der Waals surface area (Å²) >= 11 is 0. The van der Waals surface area contributed by atoms with Crippen LogP contribution in [0.2, 0.25) is 0 Å². The normalized spacial score (nSPS) is 15.9. The number of aliphatic hydroxyl groups excluding tert-OH is 1. The highest BCUT2D eigenvalue weighted by Gasteiger charge is 2.23. The van der Waals surface area contributed by atoms with Crippen molar-refractivity contribution in [3.05, 3.63) is 48.1 Å². The van der Waals surface area contributed by atoms with Gasteiger partial charge in [-0.25, -0.2) is 9.59 Å². The fourth-order valence-electron chi connectivity index (χ4n) is 4.11. The molecule has 0 fully saturated rings. The van der Waals surface area contributed by atoms with Crippen molar-refractivity contribution in [3.8, 4) is 0 Å². The number of nitrogens with two attached hydrogens (primary N) is 1. The van der Waals surface area contributed by atoms with E-state index in [1.54, 1.807) is 13.8 Å². The van der Waals surface area contributed by atoms with E-state index in [1.165, 1.54) is 6.08 Å². The number of aliphatic carboxylic acids is 1. The quantitative estimate of drug-likeness (QED) is 0.0962. The first-order valence-corrected chi connectivity index (χ1v) is 13.5. The Morgan fingerprint density at radius 1 is 0.974 bits per heavy atom. The molecule has 0 aliphatic heterocycles. The monoisotopic (exact) mass is 548 g/mol. The molecule has 39 heavy (non-hydrogen) atoms. The lowest BCUT2D eigenvalue weighted by Crippen LogP contribution is -2.41. The van der Waals surface area contributed by atoms with E-state index < -0.39 is 36.1 Å². The van der Waals surface area contributed by atoms with Gasteiger partial charge in [0, 0.05) is 25.5 Å². The summed E-state index contributed by atoms with van der Waals surface area (Å²) in [5, 5.41) is 21.5. The zero-order valence-corrected chi connectivity index (χ0v) is 24.2. The molecule has 0 aliphatic carbocycles. The molecule has 2 amide bonds.